The molecule has 0 heterocycles. The largest absolute Gasteiger partial charge is 0.493 e. The molecule has 2 aromatic carbocycles. The van der Waals surface area contributed by atoms with Crippen LogP contribution in [0.3, 0.4) is 0 Å². The quantitative estimate of drug-likeness (QED) is 0.439. The molecule has 2 atom stereocenters. The zero-order valence-corrected chi connectivity index (χ0v) is 21.5. The molecule has 0 amide bonds. The first-order valence-corrected chi connectivity index (χ1v) is 12.8. The zero-order chi connectivity index (χ0) is 22.6. The van der Waals surface area contributed by atoms with E-state index in [4.69, 9.17) is 9.47 Å². The maximum absolute atomic E-state index is 6.12. The van der Waals surface area contributed by atoms with E-state index in [0.29, 0.717) is 17.4 Å². The van der Waals surface area contributed by atoms with Crippen LogP contribution < -0.4 is 14.8 Å². The second kappa shape index (κ2) is 8.06. The molecule has 3 nitrogen and oxygen atoms in total. The topological polar surface area (TPSA) is 30.5 Å². The summed E-state index contributed by atoms with van der Waals surface area (Å²) in [6.07, 6.45) is 8.24. The highest BCUT2D eigenvalue weighted by Crippen LogP contribution is 2.66. The van der Waals surface area contributed by atoms with Crippen LogP contribution in [0, 0.1) is 23.7 Å². The van der Waals surface area contributed by atoms with Crippen molar-refractivity contribution in [3.8, 4) is 11.5 Å². The Labute approximate surface area is 201 Å². The maximum Gasteiger partial charge on any atom is 0.162 e. The van der Waals surface area contributed by atoms with Gasteiger partial charge in [0.05, 0.1) is 7.11 Å². The second-order valence-electron chi connectivity index (χ2n) is 11.6. The number of hydrogen-bond acceptors (Lipinski definition) is 3. The van der Waals surface area contributed by atoms with Crippen molar-refractivity contribution in [1.82, 2.24) is 5.32 Å². The fourth-order valence-electron chi connectivity index (χ4n) is 7.76. The average Bonchev–Trinajstić information content (AvgIpc) is 2.70. The summed E-state index contributed by atoms with van der Waals surface area (Å²) in [4.78, 5) is 0. The SMILES string of the molecule is COc1cc(CNC23CC4CC(C)(CC(C)(C4)C2)C3)c(Br)cc1OCc1ccc(C)cc1. The lowest BCUT2D eigenvalue weighted by molar-refractivity contribution is -0.118. The number of nitrogens with one attached hydrogen (secondary N) is 1. The van der Waals surface area contributed by atoms with Gasteiger partial charge in [-0.25, -0.2) is 0 Å². The summed E-state index contributed by atoms with van der Waals surface area (Å²) >= 11 is 3.80. The van der Waals surface area contributed by atoms with E-state index in [2.05, 4.69) is 78.4 Å². The number of methoxy groups -OCH3 is 1. The summed E-state index contributed by atoms with van der Waals surface area (Å²) in [7, 11) is 1.72. The molecular formula is C28H36BrNO2. The molecular weight excluding hydrogens is 462 g/mol. The fraction of sp³-hybridized carbons (Fsp3) is 0.571. The van der Waals surface area contributed by atoms with Gasteiger partial charge in [0.15, 0.2) is 11.5 Å². The molecule has 4 aliphatic rings. The number of aryl methyl sites for hydroxylation is 1. The predicted molar refractivity (Wildman–Crippen MR) is 133 cm³/mol. The highest BCUT2D eigenvalue weighted by Gasteiger charge is 2.59. The van der Waals surface area contributed by atoms with E-state index >= 15 is 0 Å². The number of halogens is 1. The van der Waals surface area contributed by atoms with E-state index in [-0.39, 0.29) is 5.54 Å². The van der Waals surface area contributed by atoms with E-state index < -0.39 is 0 Å². The van der Waals surface area contributed by atoms with Gasteiger partial charge in [-0.3, -0.25) is 0 Å². The van der Waals surface area contributed by atoms with Crippen LogP contribution >= 0.6 is 15.9 Å². The zero-order valence-electron chi connectivity index (χ0n) is 19.9. The number of rotatable bonds is 7. The lowest BCUT2D eigenvalue weighted by atomic mass is 9.43. The van der Waals surface area contributed by atoms with Crippen molar-refractivity contribution in [2.45, 2.75) is 78.0 Å². The molecule has 6 rings (SSSR count). The highest BCUT2D eigenvalue weighted by molar-refractivity contribution is 9.10. The van der Waals surface area contributed by atoms with Crippen molar-refractivity contribution in [3.05, 3.63) is 57.6 Å². The summed E-state index contributed by atoms with van der Waals surface area (Å²) in [6.45, 7) is 8.55. The van der Waals surface area contributed by atoms with Crippen molar-refractivity contribution in [2.75, 3.05) is 7.11 Å². The highest BCUT2D eigenvalue weighted by atomic mass is 79.9. The first-order valence-electron chi connectivity index (χ1n) is 12.0. The Bertz CT molecular complexity index is 983. The molecule has 0 aromatic heterocycles. The molecule has 0 spiro atoms. The van der Waals surface area contributed by atoms with Gasteiger partial charge in [0.25, 0.3) is 0 Å². The molecule has 0 saturated heterocycles. The summed E-state index contributed by atoms with van der Waals surface area (Å²) in [6, 6.07) is 12.7. The van der Waals surface area contributed by atoms with Gasteiger partial charge in [-0.15, -0.1) is 0 Å². The lowest BCUT2D eigenvalue weighted by Gasteiger charge is -2.65. The normalized spacial score (nSPS) is 32.8. The molecule has 4 saturated carbocycles. The second-order valence-corrected chi connectivity index (χ2v) is 12.5. The molecule has 4 aliphatic carbocycles. The van der Waals surface area contributed by atoms with E-state index in [9.17, 15) is 0 Å². The maximum atomic E-state index is 6.12. The fourth-order valence-corrected chi connectivity index (χ4v) is 8.22. The molecule has 4 bridgehead atoms. The Balaban J connectivity index is 1.30. The Morgan fingerprint density at radius 3 is 2.28 bits per heavy atom. The molecule has 4 heteroatoms. The molecule has 4 fully saturated rings. The molecule has 0 radical (unpaired) electrons. The van der Waals surface area contributed by atoms with Crippen molar-refractivity contribution in [2.24, 2.45) is 16.7 Å². The van der Waals surface area contributed by atoms with Gasteiger partial charge in [0.1, 0.15) is 6.61 Å². The number of hydrogen-bond donors (Lipinski definition) is 1. The van der Waals surface area contributed by atoms with Gasteiger partial charge in [-0.2, -0.15) is 0 Å². The van der Waals surface area contributed by atoms with Crippen LogP contribution in [0.5, 0.6) is 11.5 Å². The first kappa shape index (κ1) is 22.3. The minimum Gasteiger partial charge on any atom is -0.493 e. The van der Waals surface area contributed by atoms with Crippen LogP contribution in [-0.4, -0.2) is 12.6 Å². The molecule has 172 valence electrons. The van der Waals surface area contributed by atoms with Gasteiger partial charge < -0.3 is 14.8 Å². The minimum absolute atomic E-state index is 0.288. The van der Waals surface area contributed by atoms with Gasteiger partial charge >= 0.3 is 0 Å². The molecule has 0 aliphatic heterocycles. The molecule has 32 heavy (non-hydrogen) atoms. The Morgan fingerprint density at radius 1 is 0.969 bits per heavy atom. The number of ether oxygens (including phenoxy) is 2. The Hall–Kier alpha value is -1.52. The van der Waals surface area contributed by atoms with Crippen LogP contribution in [0.25, 0.3) is 0 Å². The first-order chi connectivity index (χ1) is 15.2. The smallest absolute Gasteiger partial charge is 0.162 e. The standard InChI is InChI=1S/C28H36BrNO2/c1-19-5-7-20(8-6-19)15-32-25-10-23(29)22(9-24(25)31-4)14-30-28-13-21-11-26(2,17-28)16-27(3,12-21)18-28/h5-10,21,30H,11-18H2,1-4H3. The van der Waals surface area contributed by atoms with E-state index in [1.807, 2.05) is 0 Å². The van der Waals surface area contributed by atoms with Crippen molar-refractivity contribution in [3.63, 3.8) is 0 Å². The third kappa shape index (κ3) is 4.33. The molecule has 2 unspecified atom stereocenters. The monoisotopic (exact) mass is 497 g/mol. The van der Waals surface area contributed by atoms with Gasteiger partial charge in [-0.1, -0.05) is 59.6 Å². The van der Waals surface area contributed by atoms with Crippen molar-refractivity contribution >= 4 is 15.9 Å². The van der Waals surface area contributed by atoms with Crippen LogP contribution in [-0.2, 0) is 13.2 Å². The Morgan fingerprint density at radius 2 is 1.66 bits per heavy atom. The van der Waals surface area contributed by atoms with Gasteiger partial charge in [0, 0.05) is 16.6 Å². The van der Waals surface area contributed by atoms with Crippen LogP contribution in [0.2, 0.25) is 0 Å². The molecule has 1 N–H and O–H groups in total. The van der Waals surface area contributed by atoms with Gasteiger partial charge in [-0.05, 0) is 85.5 Å². The summed E-state index contributed by atoms with van der Waals surface area (Å²) in [5.74, 6) is 2.46. The van der Waals surface area contributed by atoms with E-state index in [0.717, 1.165) is 34.0 Å². The third-order valence-corrected chi connectivity index (χ3v) is 8.87. The molecule has 2 aromatic rings. The van der Waals surface area contributed by atoms with Gasteiger partial charge in [0.2, 0.25) is 0 Å². The van der Waals surface area contributed by atoms with E-state index in [1.54, 1.807) is 7.11 Å². The lowest BCUT2D eigenvalue weighted by Crippen LogP contribution is -2.63. The van der Waals surface area contributed by atoms with Crippen LogP contribution in [0.15, 0.2) is 40.9 Å². The van der Waals surface area contributed by atoms with Crippen LogP contribution in [0.4, 0.5) is 0 Å². The summed E-state index contributed by atoms with van der Waals surface area (Å²) in [5.41, 5.74) is 4.97. The average molecular weight is 499 g/mol. The number of benzene rings is 2. The third-order valence-electron chi connectivity index (χ3n) is 8.13. The van der Waals surface area contributed by atoms with E-state index in [1.165, 1.54) is 49.7 Å². The summed E-state index contributed by atoms with van der Waals surface area (Å²) < 4.78 is 12.9. The predicted octanol–water partition coefficient (Wildman–Crippen LogP) is 7.18. The Kier molecular flexibility index (Phi) is 5.61. The minimum atomic E-state index is 0.288. The van der Waals surface area contributed by atoms with Crippen molar-refractivity contribution < 1.29 is 9.47 Å². The van der Waals surface area contributed by atoms with Crippen LogP contribution in [0.1, 0.15) is 69.1 Å². The van der Waals surface area contributed by atoms with Crippen molar-refractivity contribution in [1.29, 1.82) is 0 Å². The summed E-state index contributed by atoms with van der Waals surface area (Å²) in [5, 5.41) is 4.04.